The lowest BCUT2D eigenvalue weighted by Gasteiger charge is -2.41. The van der Waals surface area contributed by atoms with Crippen LogP contribution in [0.1, 0.15) is 36.5 Å². The number of ether oxygens (including phenoxy) is 1. The first kappa shape index (κ1) is 17.1. The molecule has 0 aromatic heterocycles. The third kappa shape index (κ3) is 3.10. The van der Waals surface area contributed by atoms with Crippen LogP contribution in [0.2, 0.25) is 0 Å². The fourth-order valence-electron chi connectivity index (χ4n) is 4.68. The molecule has 4 rings (SSSR count). The van der Waals surface area contributed by atoms with Crippen molar-refractivity contribution in [3.8, 4) is 5.75 Å². The number of para-hydroxylation sites is 1. The van der Waals surface area contributed by atoms with Crippen LogP contribution in [0, 0.1) is 17.8 Å². The molecular formula is C22H24O4. The fraction of sp³-hybridized carbons (Fsp3) is 0.409. The summed E-state index contributed by atoms with van der Waals surface area (Å²) in [6.07, 6.45) is 2.16. The number of carboxylic acid groups (broad SMARTS) is 1. The zero-order valence-corrected chi connectivity index (χ0v) is 14.6. The second kappa shape index (κ2) is 7.12. The third-order valence-corrected chi connectivity index (χ3v) is 5.95. The average molecular weight is 352 g/mol. The molecule has 4 heteroatoms. The van der Waals surface area contributed by atoms with Crippen LogP contribution in [0.3, 0.4) is 0 Å². The van der Waals surface area contributed by atoms with Gasteiger partial charge in [0.15, 0.2) is 0 Å². The number of aliphatic hydroxyl groups excluding tert-OH is 1. The molecule has 1 heterocycles. The molecule has 136 valence electrons. The van der Waals surface area contributed by atoms with Crippen LogP contribution < -0.4 is 4.74 Å². The molecule has 5 atom stereocenters. The largest absolute Gasteiger partial charge is 0.489 e. The fourth-order valence-corrected chi connectivity index (χ4v) is 4.68. The molecule has 0 bridgehead atoms. The van der Waals surface area contributed by atoms with Crippen molar-refractivity contribution >= 4 is 5.97 Å². The van der Waals surface area contributed by atoms with Crippen LogP contribution in [0.5, 0.6) is 5.75 Å². The van der Waals surface area contributed by atoms with Gasteiger partial charge < -0.3 is 14.9 Å². The van der Waals surface area contributed by atoms with Crippen molar-refractivity contribution in [2.75, 3.05) is 0 Å². The minimum atomic E-state index is -0.747. The first-order valence-corrected chi connectivity index (χ1v) is 9.35. The third-order valence-electron chi connectivity index (χ3n) is 5.95. The highest BCUT2D eigenvalue weighted by molar-refractivity contribution is 5.70. The van der Waals surface area contributed by atoms with E-state index in [-0.39, 0.29) is 17.9 Å². The van der Waals surface area contributed by atoms with Gasteiger partial charge in [0.25, 0.3) is 0 Å². The van der Waals surface area contributed by atoms with Crippen LogP contribution in [-0.2, 0) is 11.2 Å². The number of rotatable bonds is 4. The van der Waals surface area contributed by atoms with Gasteiger partial charge in [0.2, 0.25) is 0 Å². The van der Waals surface area contributed by atoms with E-state index >= 15 is 0 Å². The van der Waals surface area contributed by atoms with Gasteiger partial charge in [0.05, 0.1) is 12.0 Å². The number of hydrogen-bond acceptors (Lipinski definition) is 3. The Morgan fingerprint density at radius 3 is 2.54 bits per heavy atom. The van der Waals surface area contributed by atoms with E-state index in [0.717, 1.165) is 24.0 Å². The van der Waals surface area contributed by atoms with Gasteiger partial charge in [-0.15, -0.1) is 0 Å². The molecule has 0 amide bonds. The Balaban J connectivity index is 1.70. The van der Waals surface area contributed by atoms with Gasteiger partial charge in [-0.2, -0.15) is 0 Å². The summed E-state index contributed by atoms with van der Waals surface area (Å²) in [7, 11) is 0. The van der Waals surface area contributed by atoms with E-state index in [1.807, 2.05) is 54.6 Å². The van der Waals surface area contributed by atoms with Gasteiger partial charge in [-0.25, -0.2) is 0 Å². The Kier molecular flexibility index (Phi) is 4.68. The molecule has 26 heavy (non-hydrogen) atoms. The van der Waals surface area contributed by atoms with Crippen molar-refractivity contribution in [3.63, 3.8) is 0 Å². The Bertz CT molecular complexity index is 773. The van der Waals surface area contributed by atoms with E-state index in [1.54, 1.807) is 0 Å². The lowest BCUT2D eigenvalue weighted by Crippen LogP contribution is -2.45. The number of fused-ring (bicyclic) bond motifs is 1. The second-order valence-corrected chi connectivity index (χ2v) is 7.46. The maximum absolute atomic E-state index is 11.7. The maximum Gasteiger partial charge on any atom is 0.306 e. The zero-order valence-electron chi connectivity index (χ0n) is 14.6. The number of aliphatic hydroxyl groups is 1. The smallest absolute Gasteiger partial charge is 0.306 e. The molecule has 2 N–H and O–H groups in total. The van der Waals surface area contributed by atoms with Gasteiger partial charge >= 0.3 is 5.97 Å². The zero-order chi connectivity index (χ0) is 18.1. The SMILES string of the molecule is O=C(O)C1CCCC1C1Oc2ccccc2[C@H](O)[C@@H]1Cc1ccccc1. The summed E-state index contributed by atoms with van der Waals surface area (Å²) in [5.74, 6) is -0.675. The highest BCUT2D eigenvalue weighted by atomic mass is 16.5. The monoisotopic (exact) mass is 352 g/mol. The highest BCUT2D eigenvalue weighted by Crippen LogP contribution is 2.47. The van der Waals surface area contributed by atoms with Crippen LogP contribution >= 0.6 is 0 Å². The highest BCUT2D eigenvalue weighted by Gasteiger charge is 2.47. The topological polar surface area (TPSA) is 66.8 Å². The summed E-state index contributed by atoms with van der Waals surface area (Å²) in [6, 6.07) is 17.6. The van der Waals surface area contributed by atoms with E-state index in [9.17, 15) is 15.0 Å². The normalized spacial score (nSPS) is 30.4. The minimum Gasteiger partial charge on any atom is -0.489 e. The lowest BCUT2D eigenvalue weighted by atomic mass is 9.75. The van der Waals surface area contributed by atoms with Crippen molar-refractivity contribution in [1.29, 1.82) is 0 Å². The standard InChI is InChI=1S/C22H24O4/c23-20-17-9-4-5-12-19(17)26-21(15-10-6-11-16(15)22(24)25)18(20)13-14-7-2-1-3-8-14/h1-5,7-9,12,15-16,18,20-21,23H,6,10-11,13H2,(H,24,25)/t15?,16?,18-,20-,21?/m0/s1. The molecule has 2 aliphatic rings. The van der Waals surface area contributed by atoms with Crippen LogP contribution in [0.4, 0.5) is 0 Å². The summed E-state index contributed by atoms with van der Waals surface area (Å²) in [6.45, 7) is 0. The number of carboxylic acids is 1. The molecule has 1 saturated carbocycles. The van der Waals surface area contributed by atoms with Gasteiger partial charge in [-0.05, 0) is 30.9 Å². The molecule has 2 aromatic rings. The Labute approximate surface area is 153 Å². The van der Waals surface area contributed by atoms with Gasteiger partial charge in [0.1, 0.15) is 11.9 Å². The predicted molar refractivity (Wildman–Crippen MR) is 97.9 cm³/mol. The molecule has 1 aliphatic heterocycles. The van der Waals surface area contributed by atoms with Crippen molar-refractivity contribution < 1.29 is 19.7 Å². The van der Waals surface area contributed by atoms with E-state index in [0.29, 0.717) is 18.6 Å². The lowest BCUT2D eigenvalue weighted by molar-refractivity contribution is -0.145. The maximum atomic E-state index is 11.7. The van der Waals surface area contributed by atoms with E-state index in [1.165, 1.54) is 0 Å². The summed E-state index contributed by atoms with van der Waals surface area (Å²) in [4.78, 5) is 11.7. The number of aliphatic carboxylic acids is 1. The molecule has 3 unspecified atom stereocenters. The van der Waals surface area contributed by atoms with Crippen molar-refractivity contribution in [1.82, 2.24) is 0 Å². The van der Waals surface area contributed by atoms with Crippen LogP contribution in [0.25, 0.3) is 0 Å². The second-order valence-electron chi connectivity index (χ2n) is 7.46. The molecule has 0 radical (unpaired) electrons. The van der Waals surface area contributed by atoms with Crippen LogP contribution in [0.15, 0.2) is 54.6 Å². The van der Waals surface area contributed by atoms with Crippen molar-refractivity contribution in [2.24, 2.45) is 17.8 Å². The van der Waals surface area contributed by atoms with E-state index < -0.39 is 18.0 Å². The van der Waals surface area contributed by atoms with Crippen LogP contribution in [-0.4, -0.2) is 22.3 Å². The Hall–Kier alpha value is -2.33. The number of carbonyl (C=O) groups is 1. The van der Waals surface area contributed by atoms with E-state index in [2.05, 4.69) is 0 Å². The quantitative estimate of drug-likeness (QED) is 0.877. The minimum absolute atomic E-state index is 0.0655. The molecule has 1 fully saturated rings. The first-order valence-electron chi connectivity index (χ1n) is 9.35. The molecule has 2 aromatic carbocycles. The summed E-state index contributed by atoms with van der Waals surface area (Å²) < 4.78 is 6.33. The van der Waals surface area contributed by atoms with Crippen molar-refractivity contribution in [3.05, 3.63) is 65.7 Å². The Morgan fingerprint density at radius 2 is 1.77 bits per heavy atom. The van der Waals surface area contributed by atoms with Gasteiger partial charge in [0, 0.05) is 17.4 Å². The van der Waals surface area contributed by atoms with Gasteiger partial charge in [-0.1, -0.05) is 55.0 Å². The molecule has 1 aliphatic carbocycles. The van der Waals surface area contributed by atoms with Gasteiger partial charge in [-0.3, -0.25) is 4.79 Å². The van der Waals surface area contributed by atoms with Crippen molar-refractivity contribution in [2.45, 2.75) is 37.9 Å². The predicted octanol–water partition coefficient (Wildman–Crippen LogP) is 3.84. The average Bonchev–Trinajstić information content (AvgIpc) is 3.15. The Morgan fingerprint density at radius 1 is 1.04 bits per heavy atom. The summed E-state index contributed by atoms with van der Waals surface area (Å²) in [5.41, 5.74) is 1.93. The summed E-state index contributed by atoms with van der Waals surface area (Å²) in [5, 5.41) is 20.7. The van der Waals surface area contributed by atoms with E-state index in [4.69, 9.17) is 4.74 Å². The first-order chi connectivity index (χ1) is 12.6. The molecule has 0 spiro atoms. The summed E-state index contributed by atoms with van der Waals surface area (Å²) >= 11 is 0. The molecule has 0 saturated heterocycles. The molecular weight excluding hydrogens is 328 g/mol. The number of benzene rings is 2. The molecule has 4 nitrogen and oxygen atoms in total. The number of hydrogen-bond donors (Lipinski definition) is 2.